The lowest BCUT2D eigenvalue weighted by atomic mass is 9.74. The fourth-order valence-electron chi connectivity index (χ4n) is 4.00. The number of carbonyl (C=O) groups is 1. The molecule has 1 aromatic carbocycles. The van der Waals surface area contributed by atoms with E-state index in [4.69, 9.17) is 0 Å². The molecule has 2 fully saturated rings. The van der Waals surface area contributed by atoms with E-state index in [1.165, 1.54) is 0 Å². The van der Waals surface area contributed by atoms with Gasteiger partial charge in [-0.05, 0) is 62.6 Å². The van der Waals surface area contributed by atoms with Crippen molar-refractivity contribution in [3.63, 3.8) is 0 Å². The lowest BCUT2D eigenvalue weighted by Crippen LogP contribution is -2.44. The summed E-state index contributed by atoms with van der Waals surface area (Å²) in [6, 6.07) is 7.72. The molecule has 2 aliphatic rings. The van der Waals surface area contributed by atoms with E-state index in [2.05, 4.69) is 19.1 Å². The summed E-state index contributed by atoms with van der Waals surface area (Å²) in [6.07, 6.45) is 11.5. The van der Waals surface area contributed by atoms with Crippen LogP contribution in [0.2, 0.25) is 0 Å². The van der Waals surface area contributed by atoms with Gasteiger partial charge in [0.1, 0.15) is 6.10 Å². The largest absolute Gasteiger partial charge is 0.387 e. The number of amides is 1. The molecule has 0 radical (unpaired) electrons. The smallest absolute Gasteiger partial charge is 0.227 e. The van der Waals surface area contributed by atoms with Gasteiger partial charge in [0.15, 0.2) is 0 Å². The molecule has 2 N–H and O–H groups in total. The Morgan fingerprint density at radius 3 is 2.58 bits per heavy atom. The first kappa shape index (κ1) is 19.1. The van der Waals surface area contributed by atoms with Crippen LogP contribution in [0.3, 0.4) is 0 Å². The number of rotatable bonds is 7. The molecule has 1 saturated carbocycles. The van der Waals surface area contributed by atoms with E-state index in [0.717, 1.165) is 49.8 Å². The number of nitrogens with zero attached hydrogens (tertiary/aromatic N) is 1. The highest BCUT2D eigenvalue weighted by molar-refractivity contribution is 5.94. The molecule has 0 aromatic heterocycles. The van der Waals surface area contributed by atoms with E-state index in [-0.39, 0.29) is 11.9 Å². The maximum Gasteiger partial charge on any atom is 0.227 e. The third-order valence-electron chi connectivity index (χ3n) is 5.81. The Morgan fingerprint density at radius 1 is 1.23 bits per heavy atom. The van der Waals surface area contributed by atoms with Gasteiger partial charge < -0.3 is 15.1 Å². The van der Waals surface area contributed by atoms with Crippen molar-refractivity contribution in [1.29, 1.82) is 0 Å². The summed E-state index contributed by atoms with van der Waals surface area (Å²) in [6.45, 7) is 2.16. The van der Waals surface area contributed by atoms with Crippen LogP contribution in [0, 0.1) is 0 Å². The third kappa shape index (κ3) is 4.02. The SMILES string of the molecule is CCC/C=C\CC1CCCC(=O)N1c1ccc(C(O)C2(O)CCC2)cc1. The van der Waals surface area contributed by atoms with Crippen LogP contribution in [0.15, 0.2) is 36.4 Å². The topological polar surface area (TPSA) is 60.8 Å². The van der Waals surface area contributed by atoms with Gasteiger partial charge in [-0.25, -0.2) is 0 Å². The minimum atomic E-state index is -0.977. The van der Waals surface area contributed by atoms with Crippen molar-refractivity contribution in [1.82, 2.24) is 0 Å². The molecular weight excluding hydrogens is 326 g/mol. The molecule has 1 aliphatic heterocycles. The molecule has 26 heavy (non-hydrogen) atoms. The van der Waals surface area contributed by atoms with E-state index < -0.39 is 11.7 Å². The van der Waals surface area contributed by atoms with Crippen LogP contribution < -0.4 is 4.90 Å². The van der Waals surface area contributed by atoms with Crippen LogP contribution in [0.1, 0.15) is 76.4 Å². The molecule has 2 unspecified atom stereocenters. The predicted molar refractivity (Wildman–Crippen MR) is 104 cm³/mol. The van der Waals surface area contributed by atoms with Crippen molar-refractivity contribution >= 4 is 11.6 Å². The zero-order valence-electron chi connectivity index (χ0n) is 15.7. The lowest BCUT2D eigenvalue weighted by molar-refractivity contribution is -0.127. The summed E-state index contributed by atoms with van der Waals surface area (Å²) in [5, 5.41) is 20.8. The first-order valence-corrected chi connectivity index (χ1v) is 10.0. The number of benzene rings is 1. The van der Waals surface area contributed by atoms with Gasteiger partial charge in [-0.3, -0.25) is 4.79 Å². The number of anilines is 1. The van der Waals surface area contributed by atoms with Crippen molar-refractivity contribution in [3.05, 3.63) is 42.0 Å². The van der Waals surface area contributed by atoms with Crippen LogP contribution >= 0.6 is 0 Å². The fourth-order valence-corrected chi connectivity index (χ4v) is 4.00. The zero-order valence-corrected chi connectivity index (χ0v) is 15.7. The average molecular weight is 357 g/mol. The number of piperidine rings is 1. The molecular formula is C22H31NO3. The van der Waals surface area contributed by atoms with Crippen molar-refractivity contribution in [3.8, 4) is 0 Å². The minimum Gasteiger partial charge on any atom is -0.387 e. The first-order valence-electron chi connectivity index (χ1n) is 10.0. The number of hydrogen-bond donors (Lipinski definition) is 2. The summed E-state index contributed by atoms with van der Waals surface area (Å²) < 4.78 is 0. The lowest BCUT2D eigenvalue weighted by Gasteiger charge is -2.41. The highest BCUT2D eigenvalue weighted by Crippen LogP contribution is 2.42. The highest BCUT2D eigenvalue weighted by atomic mass is 16.3. The maximum absolute atomic E-state index is 12.5. The van der Waals surface area contributed by atoms with Gasteiger partial charge in [-0.2, -0.15) is 0 Å². The number of allylic oxidation sites excluding steroid dienone is 1. The molecule has 1 heterocycles. The van der Waals surface area contributed by atoms with Crippen molar-refractivity contribution < 1.29 is 15.0 Å². The van der Waals surface area contributed by atoms with Crippen molar-refractivity contribution in [2.24, 2.45) is 0 Å². The van der Waals surface area contributed by atoms with E-state index in [1.54, 1.807) is 0 Å². The van der Waals surface area contributed by atoms with Gasteiger partial charge in [0.25, 0.3) is 0 Å². The monoisotopic (exact) mass is 357 g/mol. The van der Waals surface area contributed by atoms with Gasteiger partial charge in [0, 0.05) is 18.2 Å². The Hall–Kier alpha value is -1.65. The van der Waals surface area contributed by atoms with Crippen LogP contribution in [0.25, 0.3) is 0 Å². The van der Waals surface area contributed by atoms with Crippen molar-refractivity contribution in [2.45, 2.75) is 82.5 Å². The summed E-state index contributed by atoms with van der Waals surface area (Å²) >= 11 is 0. The molecule has 3 rings (SSSR count). The van der Waals surface area contributed by atoms with Crippen LogP contribution in [0.4, 0.5) is 5.69 Å². The molecule has 0 bridgehead atoms. The van der Waals surface area contributed by atoms with Crippen molar-refractivity contribution in [2.75, 3.05) is 4.90 Å². The van der Waals surface area contributed by atoms with E-state index in [9.17, 15) is 15.0 Å². The average Bonchev–Trinajstić information content (AvgIpc) is 2.63. The summed E-state index contributed by atoms with van der Waals surface area (Å²) in [4.78, 5) is 14.5. The molecule has 4 heteroatoms. The van der Waals surface area contributed by atoms with E-state index >= 15 is 0 Å². The fraction of sp³-hybridized carbons (Fsp3) is 0.591. The molecule has 142 valence electrons. The summed E-state index contributed by atoms with van der Waals surface area (Å²) in [5.74, 6) is 0.177. The first-order chi connectivity index (χ1) is 12.5. The molecule has 2 atom stereocenters. The van der Waals surface area contributed by atoms with Crippen LogP contribution in [-0.2, 0) is 4.79 Å². The second kappa shape index (κ2) is 8.36. The molecule has 1 aliphatic carbocycles. The number of carbonyl (C=O) groups excluding carboxylic acids is 1. The Morgan fingerprint density at radius 2 is 1.96 bits per heavy atom. The van der Waals surface area contributed by atoms with Crippen LogP contribution in [0.5, 0.6) is 0 Å². The third-order valence-corrected chi connectivity index (χ3v) is 5.81. The zero-order chi connectivity index (χ0) is 18.6. The second-order valence-corrected chi connectivity index (χ2v) is 7.76. The van der Waals surface area contributed by atoms with Gasteiger partial charge in [0.2, 0.25) is 5.91 Å². The van der Waals surface area contributed by atoms with E-state index in [0.29, 0.717) is 19.3 Å². The normalized spacial score (nSPS) is 23.9. The molecule has 1 saturated heterocycles. The summed E-state index contributed by atoms with van der Waals surface area (Å²) in [5.41, 5.74) is 0.634. The Labute approximate surface area is 156 Å². The second-order valence-electron chi connectivity index (χ2n) is 7.76. The number of aliphatic hydroxyl groups is 2. The molecule has 0 spiro atoms. The maximum atomic E-state index is 12.5. The van der Waals surface area contributed by atoms with E-state index in [1.807, 2.05) is 29.2 Å². The Balaban J connectivity index is 1.73. The number of aliphatic hydroxyl groups excluding tert-OH is 1. The number of unbranched alkanes of at least 4 members (excludes halogenated alkanes) is 1. The Bertz CT molecular complexity index is 633. The van der Waals surface area contributed by atoms with Gasteiger partial charge in [0.05, 0.1) is 5.60 Å². The van der Waals surface area contributed by atoms with Gasteiger partial charge in [-0.15, -0.1) is 0 Å². The Kier molecular flexibility index (Phi) is 6.15. The van der Waals surface area contributed by atoms with Gasteiger partial charge in [-0.1, -0.05) is 37.6 Å². The minimum absolute atomic E-state index is 0.177. The predicted octanol–water partition coefficient (Wildman–Crippen LogP) is 4.27. The highest BCUT2D eigenvalue weighted by Gasteiger charge is 2.42. The summed E-state index contributed by atoms with van der Waals surface area (Å²) in [7, 11) is 0. The standard InChI is InChI=1S/C22H31NO3/c1-2-3-4-5-8-18-9-6-10-20(24)23(18)19-13-11-17(12-14-19)21(25)22(26)15-7-16-22/h4-5,11-14,18,21,25-26H,2-3,6-10,15-16H2,1H3/b5-4-. The van der Waals surface area contributed by atoms with Gasteiger partial charge >= 0.3 is 0 Å². The molecule has 1 aromatic rings. The quantitative estimate of drug-likeness (QED) is 0.717. The molecule has 4 nitrogen and oxygen atoms in total. The molecule has 1 amide bonds. The van der Waals surface area contributed by atoms with Crippen LogP contribution in [-0.4, -0.2) is 27.8 Å². The number of hydrogen-bond acceptors (Lipinski definition) is 3.